The van der Waals surface area contributed by atoms with Crippen molar-refractivity contribution in [1.82, 2.24) is 14.5 Å². The van der Waals surface area contributed by atoms with E-state index in [-0.39, 0.29) is 0 Å². The molecule has 3 heterocycles. The van der Waals surface area contributed by atoms with Crippen LogP contribution in [0.3, 0.4) is 0 Å². The average molecular weight is 373 g/mol. The predicted molar refractivity (Wildman–Crippen MR) is 103 cm³/mol. The van der Waals surface area contributed by atoms with E-state index in [1.807, 2.05) is 50.6 Å². The van der Waals surface area contributed by atoms with Crippen LogP contribution in [-0.4, -0.2) is 26.2 Å². The Morgan fingerprint density at radius 3 is 2.65 bits per heavy atom. The fraction of sp³-hybridized carbons (Fsp3) is 0.316. The SMILES string of the molecule is Cn1c(CCl)cc2c(-c3ccc(NC(=O)OC(C)(C)C)cn3)ccnc21. The number of carbonyl (C=O) groups is 1. The number of amides is 1. The Morgan fingerprint density at radius 1 is 1.27 bits per heavy atom. The second-order valence-corrected chi connectivity index (χ2v) is 7.25. The minimum Gasteiger partial charge on any atom is -0.444 e. The molecule has 1 N–H and O–H groups in total. The van der Waals surface area contributed by atoms with Crippen molar-refractivity contribution >= 4 is 34.4 Å². The van der Waals surface area contributed by atoms with Gasteiger partial charge in [0.2, 0.25) is 0 Å². The Kier molecular flexibility index (Phi) is 4.87. The number of halogens is 1. The molecule has 0 spiro atoms. The van der Waals surface area contributed by atoms with Crippen LogP contribution < -0.4 is 5.32 Å². The first-order valence-corrected chi connectivity index (χ1v) is 8.77. The molecule has 0 radical (unpaired) electrons. The van der Waals surface area contributed by atoms with Gasteiger partial charge in [0.05, 0.1) is 23.5 Å². The average Bonchev–Trinajstić information content (AvgIpc) is 2.90. The van der Waals surface area contributed by atoms with Gasteiger partial charge < -0.3 is 9.30 Å². The number of nitrogens with zero attached hydrogens (tertiary/aromatic N) is 3. The van der Waals surface area contributed by atoms with Gasteiger partial charge in [0.1, 0.15) is 11.2 Å². The number of carbonyl (C=O) groups excluding carboxylic acids is 1. The summed E-state index contributed by atoms with van der Waals surface area (Å²) in [6, 6.07) is 7.60. The summed E-state index contributed by atoms with van der Waals surface area (Å²) >= 11 is 6.00. The van der Waals surface area contributed by atoms with E-state index in [4.69, 9.17) is 16.3 Å². The van der Waals surface area contributed by atoms with E-state index in [0.29, 0.717) is 11.6 Å². The van der Waals surface area contributed by atoms with E-state index < -0.39 is 11.7 Å². The molecule has 3 rings (SSSR count). The van der Waals surface area contributed by atoms with Crippen LogP contribution in [0.1, 0.15) is 26.5 Å². The number of aromatic nitrogens is 3. The number of nitrogens with one attached hydrogen (secondary N) is 1. The lowest BCUT2D eigenvalue weighted by Crippen LogP contribution is -2.27. The van der Waals surface area contributed by atoms with Gasteiger partial charge >= 0.3 is 6.09 Å². The molecule has 26 heavy (non-hydrogen) atoms. The van der Waals surface area contributed by atoms with Crippen LogP contribution in [0.4, 0.5) is 10.5 Å². The van der Waals surface area contributed by atoms with Gasteiger partial charge in [0, 0.05) is 29.9 Å². The number of ether oxygens (including phenoxy) is 1. The standard InChI is InChI=1S/C19H21ClN4O2/c1-19(2,3)26-18(25)23-12-5-6-16(22-11-12)14-7-8-21-17-15(14)9-13(10-20)24(17)4/h5-9,11H,10H2,1-4H3,(H,23,25). The molecular weight excluding hydrogens is 352 g/mol. The maximum absolute atomic E-state index is 11.8. The van der Waals surface area contributed by atoms with E-state index in [2.05, 4.69) is 15.3 Å². The summed E-state index contributed by atoms with van der Waals surface area (Å²) in [6.45, 7) is 5.45. The minimum atomic E-state index is -0.548. The number of aryl methyl sites for hydroxylation is 1. The van der Waals surface area contributed by atoms with Crippen LogP contribution in [0.15, 0.2) is 36.7 Å². The third kappa shape index (κ3) is 3.80. The highest BCUT2D eigenvalue weighted by molar-refractivity contribution is 6.17. The third-order valence-electron chi connectivity index (χ3n) is 3.85. The molecule has 3 aromatic heterocycles. The van der Waals surface area contributed by atoms with Gasteiger partial charge in [-0.25, -0.2) is 9.78 Å². The Hall–Kier alpha value is -2.60. The zero-order valence-corrected chi connectivity index (χ0v) is 16.0. The Morgan fingerprint density at radius 2 is 2.04 bits per heavy atom. The summed E-state index contributed by atoms with van der Waals surface area (Å²) in [5.41, 5.74) is 3.63. The van der Waals surface area contributed by atoms with Gasteiger partial charge in [-0.1, -0.05) is 0 Å². The zero-order chi connectivity index (χ0) is 18.9. The van der Waals surface area contributed by atoms with Crippen molar-refractivity contribution in [2.24, 2.45) is 7.05 Å². The summed E-state index contributed by atoms with van der Waals surface area (Å²) in [6.07, 6.45) is 2.86. The summed E-state index contributed by atoms with van der Waals surface area (Å²) < 4.78 is 7.22. The smallest absolute Gasteiger partial charge is 0.412 e. The van der Waals surface area contributed by atoms with Crippen molar-refractivity contribution in [3.63, 3.8) is 0 Å². The molecule has 3 aromatic rings. The molecule has 1 amide bonds. The summed E-state index contributed by atoms with van der Waals surface area (Å²) in [5, 5.41) is 3.67. The molecular formula is C19H21ClN4O2. The largest absolute Gasteiger partial charge is 0.444 e. The number of pyridine rings is 2. The summed E-state index contributed by atoms with van der Waals surface area (Å²) in [4.78, 5) is 20.7. The van der Waals surface area contributed by atoms with Crippen molar-refractivity contribution < 1.29 is 9.53 Å². The van der Waals surface area contributed by atoms with Crippen LogP contribution in [0, 0.1) is 0 Å². The lowest BCUT2D eigenvalue weighted by atomic mass is 10.1. The van der Waals surface area contributed by atoms with Crippen LogP contribution in [0.25, 0.3) is 22.3 Å². The molecule has 0 saturated carbocycles. The molecule has 7 heteroatoms. The van der Waals surface area contributed by atoms with Gasteiger partial charge in [-0.3, -0.25) is 10.3 Å². The van der Waals surface area contributed by atoms with Crippen molar-refractivity contribution in [3.05, 3.63) is 42.4 Å². The molecule has 0 aromatic carbocycles. The van der Waals surface area contributed by atoms with Crippen LogP contribution >= 0.6 is 11.6 Å². The fourth-order valence-electron chi connectivity index (χ4n) is 2.67. The molecule has 0 unspecified atom stereocenters. The molecule has 0 bridgehead atoms. The summed E-state index contributed by atoms with van der Waals surface area (Å²) in [5.74, 6) is 0.415. The Balaban J connectivity index is 1.87. The molecule has 0 fully saturated rings. The molecule has 136 valence electrons. The van der Waals surface area contributed by atoms with Crippen LogP contribution in [0.2, 0.25) is 0 Å². The number of rotatable bonds is 3. The van der Waals surface area contributed by atoms with Gasteiger partial charge in [0.25, 0.3) is 0 Å². The lowest BCUT2D eigenvalue weighted by molar-refractivity contribution is 0.0636. The molecule has 0 aliphatic carbocycles. The maximum atomic E-state index is 11.8. The molecule has 0 saturated heterocycles. The first-order chi connectivity index (χ1) is 12.3. The zero-order valence-electron chi connectivity index (χ0n) is 15.2. The number of anilines is 1. The highest BCUT2D eigenvalue weighted by Gasteiger charge is 2.16. The first-order valence-electron chi connectivity index (χ1n) is 8.24. The van der Waals surface area contributed by atoms with Crippen LogP contribution in [0.5, 0.6) is 0 Å². The monoisotopic (exact) mass is 372 g/mol. The molecule has 6 nitrogen and oxygen atoms in total. The van der Waals surface area contributed by atoms with E-state index in [1.54, 1.807) is 18.5 Å². The topological polar surface area (TPSA) is 69.0 Å². The highest BCUT2D eigenvalue weighted by atomic mass is 35.5. The summed E-state index contributed by atoms with van der Waals surface area (Å²) in [7, 11) is 1.94. The maximum Gasteiger partial charge on any atom is 0.412 e. The Bertz CT molecular complexity index is 943. The normalized spacial score (nSPS) is 11.6. The Labute approximate surface area is 157 Å². The van der Waals surface area contributed by atoms with E-state index in [9.17, 15) is 4.79 Å². The third-order valence-corrected chi connectivity index (χ3v) is 4.12. The van der Waals surface area contributed by atoms with Gasteiger partial charge in [-0.2, -0.15) is 0 Å². The number of hydrogen-bond acceptors (Lipinski definition) is 4. The van der Waals surface area contributed by atoms with Gasteiger partial charge in [0.15, 0.2) is 0 Å². The molecule has 0 aliphatic rings. The van der Waals surface area contributed by atoms with E-state index in [0.717, 1.165) is 28.0 Å². The number of hydrogen-bond donors (Lipinski definition) is 1. The van der Waals surface area contributed by atoms with Crippen molar-refractivity contribution in [3.8, 4) is 11.3 Å². The van der Waals surface area contributed by atoms with Crippen LogP contribution in [-0.2, 0) is 17.7 Å². The second kappa shape index (κ2) is 6.96. The minimum absolute atomic E-state index is 0.415. The van der Waals surface area contributed by atoms with E-state index in [1.165, 1.54) is 0 Å². The first kappa shape index (κ1) is 18.2. The number of fused-ring (bicyclic) bond motifs is 1. The highest BCUT2D eigenvalue weighted by Crippen LogP contribution is 2.29. The lowest BCUT2D eigenvalue weighted by Gasteiger charge is -2.19. The van der Waals surface area contributed by atoms with Crippen molar-refractivity contribution in [1.29, 1.82) is 0 Å². The predicted octanol–water partition coefficient (Wildman–Crippen LogP) is 4.72. The quantitative estimate of drug-likeness (QED) is 0.675. The van der Waals surface area contributed by atoms with Gasteiger partial charge in [-0.05, 0) is 45.0 Å². The fourth-order valence-corrected chi connectivity index (χ4v) is 2.93. The van der Waals surface area contributed by atoms with E-state index >= 15 is 0 Å². The second-order valence-electron chi connectivity index (χ2n) is 6.98. The number of alkyl halides is 1. The van der Waals surface area contributed by atoms with Gasteiger partial charge in [-0.15, -0.1) is 11.6 Å². The van der Waals surface area contributed by atoms with Crippen molar-refractivity contribution in [2.45, 2.75) is 32.3 Å². The van der Waals surface area contributed by atoms with Crippen molar-refractivity contribution in [2.75, 3.05) is 5.32 Å². The molecule has 0 aliphatic heterocycles. The molecule has 0 atom stereocenters.